The lowest BCUT2D eigenvalue weighted by molar-refractivity contribution is 0.204. The van der Waals surface area contributed by atoms with Crippen molar-refractivity contribution in [1.29, 1.82) is 0 Å². The van der Waals surface area contributed by atoms with E-state index in [0.29, 0.717) is 12.1 Å². The lowest BCUT2D eigenvalue weighted by Crippen LogP contribution is -2.48. The van der Waals surface area contributed by atoms with Gasteiger partial charge in [0, 0.05) is 23.1 Å². The molecule has 0 radical (unpaired) electrons. The highest BCUT2D eigenvalue weighted by molar-refractivity contribution is 6.31. The Hall–Kier alpha value is -1.42. The second kappa shape index (κ2) is 7.20. The molecule has 3 aliphatic rings. The highest BCUT2D eigenvalue weighted by Gasteiger charge is 2.35. The smallest absolute Gasteiger partial charge is 0.112 e. The van der Waals surface area contributed by atoms with Crippen LogP contribution in [0.25, 0.3) is 0 Å². The normalized spacial score (nSPS) is 22.6. The van der Waals surface area contributed by atoms with E-state index in [1.807, 2.05) is 6.07 Å². The first-order chi connectivity index (χ1) is 13.2. The van der Waals surface area contributed by atoms with Gasteiger partial charge in [0.2, 0.25) is 0 Å². The molecule has 1 saturated heterocycles. The molecule has 27 heavy (non-hydrogen) atoms. The van der Waals surface area contributed by atoms with Crippen molar-refractivity contribution in [3.05, 3.63) is 57.6 Å². The first-order valence-corrected chi connectivity index (χ1v) is 10.8. The van der Waals surface area contributed by atoms with E-state index in [-0.39, 0.29) is 0 Å². The Balaban J connectivity index is 1.24. The number of piperidine rings is 1. The van der Waals surface area contributed by atoms with Crippen LogP contribution in [0.15, 0.2) is 36.4 Å². The van der Waals surface area contributed by atoms with Gasteiger partial charge in [0.15, 0.2) is 0 Å². The van der Waals surface area contributed by atoms with Gasteiger partial charge < -0.3 is 10.2 Å². The number of halogens is 2. The summed E-state index contributed by atoms with van der Waals surface area (Å²) >= 11 is 12.5. The minimum Gasteiger partial charge on any atom is -0.362 e. The Kier molecular flexibility index (Phi) is 4.71. The molecule has 3 heterocycles. The molecule has 3 aliphatic heterocycles. The summed E-state index contributed by atoms with van der Waals surface area (Å²) in [4.78, 5) is 5.17. The van der Waals surface area contributed by atoms with Crippen molar-refractivity contribution in [3.63, 3.8) is 0 Å². The number of hydrogen-bond acceptors (Lipinski definition) is 3. The van der Waals surface area contributed by atoms with E-state index in [2.05, 4.69) is 45.4 Å². The van der Waals surface area contributed by atoms with Crippen LogP contribution >= 0.6 is 23.2 Å². The summed E-state index contributed by atoms with van der Waals surface area (Å²) in [6.07, 6.45) is 5.12. The van der Waals surface area contributed by atoms with Crippen molar-refractivity contribution in [2.24, 2.45) is 0 Å². The summed E-state index contributed by atoms with van der Waals surface area (Å²) in [5.41, 5.74) is 5.41. The number of aryl methyl sites for hydroxylation is 1. The van der Waals surface area contributed by atoms with Gasteiger partial charge in [-0.2, -0.15) is 0 Å². The monoisotopic (exact) mass is 401 g/mol. The zero-order chi connectivity index (χ0) is 18.4. The van der Waals surface area contributed by atoms with Crippen LogP contribution in [0, 0.1) is 0 Å². The van der Waals surface area contributed by atoms with Crippen LogP contribution in [-0.2, 0) is 6.42 Å². The molecule has 0 aromatic heterocycles. The van der Waals surface area contributed by atoms with Crippen molar-refractivity contribution in [2.75, 3.05) is 36.4 Å². The minimum atomic E-state index is 0.361. The SMILES string of the molecule is Clc1cccc(C2CCN(CC3Nc4cc(Cl)cc5c4N3CCC5)CC2)c1. The molecule has 1 N–H and O–H groups in total. The van der Waals surface area contributed by atoms with Crippen LogP contribution in [0.4, 0.5) is 11.4 Å². The maximum absolute atomic E-state index is 6.33. The Labute approximate surface area is 171 Å². The number of hydrogen-bond donors (Lipinski definition) is 1. The molecule has 1 fully saturated rings. The van der Waals surface area contributed by atoms with Crippen LogP contribution < -0.4 is 10.2 Å². The van der Waals surface area contributed by atoms with Gasteiger partial charge in [-0.3, -0.25) is 4.90 Å². The number of rotatable bonds is 3. The van der Waals surface area contributed by atoms with Gasteiger partial charge in [-0.1, -0.05) is 35.3 Å². The lowest BCUT2D eigenvalue weighted by atomic mass is 9.89. The van der Waals surface area contributed by atoms with Crippen LogP contribution in [0.3, 0.4) is 0 Å². The van der Waals surface area contributed by atoms with Crippen molar-refractivity contribution in [3.8, 4) is 0 Å². The average molecular weight is 402 g/mol. The van der Waals surface area contributed by atoms with Crippen LogP contribution in [0.5, 0.6) is 0 Å². The maximum Gasteiger partial charge on any atom is 0.112 e. The second-order valence-corrected chi connectivity index (χ2v) is 8.92. The number of anilines is 2. The van der Waals surface area contributed by atoms with E-state index in [9.17, 15) is 0 Å². The largest absolute Gasteiger partial charge is 0.362 e. The Morgan fingerprint density at radius 2 is 1.85 bits per heavy atom. The standard InChI is InChI=1S/C22H25Cl2N3/c23-18-5-1-3-16(11-18)15-6-9-26(10-7-15)14-21-25-20-13-19(24)12-17-4-2-8-27(21)22(17)20/h1,3,5,11-13,15,21,25H,2,4,6-10,14H2. The summed E-state index contributed by atoms with van der Waals surface area (Å²) in [5.74, 6) is 0.633. The minimum absolute atomic E-state index is 0.361. The van der Waals surface area contributed by atoms with E-state index in [0.717, 1.165) is 42.6 Å². The molecule has 5 rings (SSSR count). The molecule has 5 heteroatoms. The highest BCUT2D eigenvalue weighted by atomic mass is 35.5. The molecule has 2 aromatic carbocycles. The number of nitrogens with zero attached hydrogens (tertiary/aromatic N) is 2. The summed E-state index contributed by atoms with van der Waals surface area (Å²) < 4.78 is 0. The fourth-order valence-corrected chi connectivity index (χ4v) is 5.45. The first-order valence-electron chi connectivity index (χ1n) is 10.0. The fraction of sp³-hybridized carbons (Fsp3) is 0.455. The van der Waals surface area contributed by atoms with Gasteiger partial charge in [0.25, 0.3) is 0 Å². The van der Waals surface area contributed by atoms with Gasteiger partial charge in [0.1, 0.15) is 6.17 Å². The fourth-order valence-electron chi connectivity index (χ4n) is 5.01. The van der Waals surface area contributed by atoms with Crippen molar-refractivity contribution in [1.82, 2.24) is 4.90 Å². The number of likely N-dealkylation sites (tertiary alicyclic amines) is 1. The summed E-state index contributed by atoms with van der Waals surface area (Å²) in [7, 11) is 0. The maximum atomic E-state index is 6.33. The van der Waals surface area contributed by atoms with Crippen LogP contribution in [0.2, 0.25) is 10.0 Å². The van der Waals surface area contributed by atoms with Gasteiger partial charge in [-0.05, 0) is 80.1 Å². The zero-order valence-electron chi connectivity index (χ0n) is 15.4. The van der Waals surface area contributed by atoms with E-state index >= 15 is 0 Å². The van der Waals surface area contributed by atoms with Crippen molar-refractivity contribution >= 4 is 34.6 Å². The van der Waals surface area contributed by atoms with Crippen molar-refractivity contribution < 1.29 is 0 Å². The highest BCUT2D eigenvalue weighted by Crippen LogP contribution is 2.43. The molecule has 1 atom stereocenters. The van der Waals surface area contributed by atoms with Gasteiger partial charge in [0.05, 0.1) is 11.4 Å². The number of benzene rings is 2. The van der Waals surface area contributed by atoms with E-state index in [1.165, 1.54) is 41.8 Å². The van der Waals surface area contributed by atoms with Gasteiger partial charge in [-0.25, -0.2) is 0 Å². The van der Waals surface area contributed by atoms with Crippen molar-refractivity contribution in [2.45, 2.75) is 37.8 Å². The Morgan fingerprint density at radius 1 is 1.00 bits per heavy atom. The topological polar surface area (TPSA) is 18.5 Å². The zero-order valence-corrected chi connectivity index (χ0v) is 16.9. The van der Waals surface area contributed by atoms with Gasteiger partial charge >= 0.3 is 0 Å². The molecule has 1 unspecified atom stereocenters. The molecule has 142 valence electrons. The first kappa shape index (κ1) is 17.7. The van der Waals surface area contributed by atoms with E-state index < -0.39 is 0 Å². The Bertz CT molecular complexity index is 845. The molecule has 0 amide bonds. The van der Waals surface area contributed by atoms with Crippen LogP contribution in [-0.4, -0.2) is 37.2 Å². The molecule has 0 aliphatic carbocycles. The summed E-state index contributed by atoms with van der Waals surface area (Å²) in [6.45, 7) is 4.49. The molecule has 0 saturated carbocycles. The van der Waals surface area contributed by atoms with E-state index in [1.54, 1.807) is 0 Å². The molecular formula is C22H25Cl2N3. The summed E-state index contributed by atoms with van der Waals surface area (Å²) in [6, 6.07) is 12.6. The molecule has 2 aromatic rings. The number of nitrogens with one attached hydrogen (secondary N) is 1. The third-order valence-corrected chi connectivity index (χ3v) is 6.78. The molecular weight excluding hydrogens is 377 g/mol. The predicted octanol–water partition coefficient (Wildman–Crippen LogP) is 5.38. The molecule has 3 nitrogen and oxygen atoms in total. The Morgan fingerprint density at radius 3 is 2.67 bits per heavy atom. The summed E-state index contributed by atoms with van der Waals surface area (Å²) in [5, 5.41) is 5.43. The average Bonchev–Trinajstić information content (AvgIpc) is 3.01. The third kappa shape index (κ3) is 3.41. The second-order valence-electron chi connectivity index (χ2n) is 8.05. The predicted molar refractivity (Wildman–Crippen MR) is 114 cm³/mol. The van der Waals surface area contributed by atoms with Gasteiger partial charge in [-0.15, -0.1) is 0 Å². The quantitative estimate of drug-likeness (QED) is 0.744. The van der Waals surface area contributed by atoms with E-state index in [4.69, 9.17) is 23.2 Å². The van der Waals surface area contributed by atoms with Crippen LogP contribution in [0.1, 0.15) is 36.3 Å². The molecule has 0 bridgehead atoms. The molecule has 0 spiro atoms. The third-order valence-electron chi connectivity index (χ3n) is 6.32. The lowest BCUT2D eigenvalue weighted by Gasteiger charge is -2.37.